The van der Waals surface area contributed by atoms with Crippen LogP contribution in [-0.2, 0) is 0 Å². The fourth-order valence-corrected chi connectivity index (χ4v) is 1.56. The summed E-state index contributed by atoms with van der Waals surface area (Å²) in [5, 5.41) is 0. The quantitative estimate of drug-likeness (QED) is 0.782. The molecule has 0 spiro atoms. The summed E-state index contributed by atoms with van der Waals surface area (Å²) in [6.07, 6.45) is -6.00. The highest BCUT2D eigenvalue weighted by Crippen LogP contribution is 2.32. The number of aryl methyl sites for hydroxylation is 1. The third kappa shape index (κ3) is 3.38. The average Bonchev–Trinajstić information content (AvgIpc) is 2.26. The molecule has 1 rings (SSSR count). The summed E-state index contributed by atoms with van der Waals surface area (Å²) in [7, 11) is 2.76. The number of alkyl halides is 3. The molecular weight excluding hydrogens is 249 g/mol. The van der Waals surface area contributed by atoms with Crippen molar-refractivity contribution in [2.75, 3.05) is 14.2 Å². The molecule has 0 unspecified atom stereocenters. The highest BCUT2D eigenvalue weighted by atomic mass is 19.4. The number of methoxy groups -OCH3 is 2. The Labute approximate surface area is 103 Å². The van der Waals surface area contributed by atoms with Gasteiger partial charge in [0.2, 0.25) is 0 Å². The summed E-state index contributed by atoms with van der Waals surface area (Å²) in [6, 6.07) is 2.74. The molecule has 0 atom stereocenters. The maximum atomic E-state index is 12.2. The molecule has 0 amide bonds. The molecule has 0 saturated carbocycles. The van der Waals surface area contributed by atoms with Gasteiger partial charge in [-0.25, -0.2) is 0 Å². The van der Waals surface area contributed by atoms with Gasteiger partial charge in [-0.1, -0.05) is 0 Å². The molecule has 0 radical (unpaired) electrons. The second-order valence-corrected chi connectivity index (χ2v) is 3.74. The summed E-state index contributed by atoms with van der Waals surface area (Å²) in [4.78, 5) is 11.5. The second kappa shape index (κ2) is 5.29. The van der Waals surface area contributed by atoms with Crippen LogP contribution in [0.15, 0.2) is 12.1 Å². The Morgan fingerprint density at radius 1 is 1.17 bits per heavy atom. The molecule has 0 saturated heterocycles. The largest absolute Gasteiger partial charge is 0.493 e. The van der Waals surface area contributed by atoms with Crippen molar-refractivity contribution in [2.24, 2.45) is 0 Å². The topological polar surface area (TPSA) is 35.5 Å². The number of carbonyl (C=O) groups is 1. The summed E-state index contributed by atoms with van der Waals surface area (Å²) in [5.41, 5.74) is 0.409. The van der Waals surface area contributed by atoms with Crippen LogP contribution in [0.3, 0.4) is 0 Å². The maximum Gasteiger partial charge on any atom is 0.396 e. The van der Waals surface area contributed by atoms with E-state index < -0.39 is 18.4 Å². The predicted molar refractivity (Wildman–Crippen MR) is 59.3 cm³/mol. The number of halogens is 3. The Morgan fingerprint density at radius 2 is 1.67 bits per heavy atom. The van der Waals surface area contributed by atoms with Crippen molar-refractivity contribution in [3.05, 3.63) is 23.3 Å². The van der Waals surface area contributed by atoms with Crippen molar-refractivity contribution in [3.63, 3.8) is 0 Å². The van der Waals surface area contributed by atoms with Crippen LogP contribution < -0.4 is 9.47 Å². The Bertz CT molecular complexity index is 453. The van der Waals surface area contributed by atoms with E-state index in [9.17, 15) is 18.0 Å². The van der Waals surface area contributed by atoms with Gasteiger partial charge < -0.3 is 9.47 Å². The van der Waals surface area contributed by atoms with Gasteiger partial charge in [-0.05, 0) is 24.6 Å². The van der Waals surface area contributed by atoms with Crippen molar-refractivity contribution in [1.29, 1.82) is 0 Å². The minimum atomic E-state index is -4.52. The smallest absolute Gasteiger partial charge is 0.396 e. The molecule has 1 aromatic rings. The first-order valence-corrected chi connectivity index (χ1v) is 5.11. The monoisotopic (exact) mass is 262 g/mol. The van der Waals surface area contributed by atoms with Crippen molar-refractivity contribution in [1.82, 2.24) is 0 Å². The van der Waals surface area contributed by atoms with Crippen molar-refractivity contribution < 1.29 is 27.4 Å². The highest BCUT2D eigenvalue weighted by Gasteiger charge is 2.32. The number of ketones is 1. The van der Waals surface area contributed by atoms with Crippen LogP contribution in [0.5, 0.6) is 11.5 Å². The molecule has 100 valence electrons. The standard InChI is InChI=1S/C12H13F3O3/c1-7-4-10(17-2)11(18-3)5-8(7)9(16)6-12(13,14)15/h4-5H,6H2,1-3H3. The lowest BCUT2D eigenvalue weighted by molar-refractivity contribution is -0.125. The Balaban J connectivity index is 3.13. The van der Waals surface area contributed by atoms with E-state index in [0.29, 0.717) is 11.3 Å². The molecule has 0 aliphatic carbocycles. The van der Waals surface area contributed by atoms with E-state index in [-0.39, 0.29) is 11.3 Å². The van der Waals surface area contributed by atoms with Gasteiger partial charge in [0.25, 0.3) is 0 Å². The van der Waals surface area contributed by atoms with Gasteiger partial charge >= 0.3 is 6.18 Å². The van der Waals surface area contributed by atoms with E-state index >= 15 is 0 Å². The minimum Gasteiger partial charge on any atom is -0.493 e. The zero-order valence-electron chi connectivity index (χ0n) is 10.2. The molecule has 18 heavy (non-hydrogen) atoms. The normalized spacial score (nSPS) is 11.2. The van der Waals surface area contributed by atoms with Gasteiger partial charge in [-0.2, -0.15) is 13.2 Å². The lowest BCUT2D eigenvalue weighted by Crippen LogP contribution is -2.16. The van der Waals surface area contributed by atoms with Crippen molar-refractivity contribution in [2.45, 2.75) is 19.5 Å². The Kier molecular flexibility index (Phi) is 4.21. The van der Waals surface area contributed by atoms with Crippen LogP contribution in [0, 0.1) is 6.92 Å². The second-order valence-electron chi connectivity index (χ2n) is 3.74. The SMILES string of the molecule is COc1cc(C)c(C(=O)CC(F)(F)F)cc1OC. The molecule has 0 bridgehead atoms. The minimum absolute atomic E-state index is 0.00928. The number of carbonyl (C=O) groups excluding carboxylic acids is 1. The zero-order chi connectivity index (χ0) is 13.9. The summed E-state index contributed by atoms with van der Waals surface area (Å²) < 4.78 is 46.5. The molecule has 0 N–H and O–H groups in total. The van der Waals surface area contributed by atoms with Gasteiger partial charge in [0.15, 0.2) is 17.3 Å². The van der Waals surface area contributed by atoms with Crippen molar-refractivity contribution in [3.8, 4) is 11.5 Å². The molecule has 0 aromatic heterocycles. The predicted octanol–water partition coefficient (Wildman–Crippen LogP) is 3.15. The molecular formula is C12H13F3O3. The fourth-order valence-electron chi connectivity index (χ4n) is 1.56. The van der Waals surface area contributed by atoms with Crippen LogP contribution in [-0.4, -0.2) is 26.2 Å². The molecule has 0 heterocycles. The van der Waals surface area contributed by atoms with Gasteiger partial charge in [0.05, 0.1) is 14.2 Å². The molecule has 0 fully saturated rings. The van der Waals surface area contributed by atoms with Crippen LogP contribution in [0.4, 0.5) is 13.2 Å². The van der Waals surface area contributed by atoms with E-state index in [1.807, 2.05) is 0 Å². The average molecular weight is 262 g/mol. The Hall–Kier alpha value is -1.72. The lowest BCUT2D eigenvalue weighted by atomic mass is 10.0. The maximum absolute atomic E-state index is 12.2. The van der Waals surface area contributed by atoms with Crippen molar-refractivity contribution >= 4 is 5.78 Å². The summed E-state index contributed by atoms with van der Waals surface area (Å²) >= 11 is 0. The first-order chi connectivity index (χ1) is 8.28. The van der Waals surface area contributed by atoms with E-state index in [4.69, 9.17) is 9.47 Å². The van der Waals surface area contributed by atoms with E-state index in [0.717, 1.165) is 0 Å². The van der Waals surface area contributed by atoms with Gasteiger partial charge in [0.1, 0.15) is 6.42 Å². The molecule has 1 aromatic carbocycles. The molecule has 6 heteroatoms. The van der Waals surface area contributed by atoms with Crippen LogP contribution in [0.25, 0.3) is 0 Å². The van der Waals surface area contributed by atoms with E-state index in [1.54, 1.807) is 6.92 Å². The lowest BCUT2D eigenvalue weighted by Gasteiger charge is -2.12. The van der Waals surface area contributed by atoms with Gasteiger partial charge in [0, 0.05) is 5.56 Å². The third-order valence-corrected chi connectivity index (χ3v) is 2.39. The fraction of sp³-hybridized carbons (Fsp3) is 0.417. The number of hydrogen-bond donors (Lipinski definition) is 0. The van der Waals surface area contributed by atoms with Gasteiger partial charge in [-0.3, -0.25) is 4.79 Å². The highest BCUT2D eigenvalue weighted by molar-refractivity contribution is 5.98. The Morgan fingerprint density at radius 3 is 2.11 bits per heavy atom. The number of benzene rings is 1. The number of ether oxygens (including phenoxy) is 2. The van der Waals surface area contributed by atoms with E-state index in [1.165, 1.54) is 26.4 Å². The number of rotatable bonds is 4. The first kappa shape index (κ1) is 14.3. The molecule has 0 aliphatic heterocycles. The van der Waals surface area contributed by atoms with Crippen LogP contribution in [0.2, 0.25) is 0 Å². The zero-order valence-corrected chi connectivity index (χ0v) is 10.2. The van der Waals surface area contributed by atoms with E-state index in [2.05, 4.69) is 0 Å². The summed E-state index contributed by atoms with van der Waals surface area (Å²) in [6.45, 7) is 1.55. The van der Waals surface area contributed by atoms with Crippen LogP contribution >= 0.6 is 0 Å². The first-order valence-electron chi connectivity index (χ1n) is 5.11. The number of hydrogen-bond acceptors (Lipinski definition) is 3. The molecule has 0 aliphatic rings. The number of Topliss-reactive ketones (excluding diaryl/α,β-unsaturated/α-hetero) is 1. The van der Waals surface area contributed by atoms with Gasteiger partial charge in [-0.15, -0.1) is 0 Å². The molecule has 3 nitrogen and oxygen atoms in total. The third-order valence-electron chi connectivity index (χ3n) is 2.39. The van der Waals surface area contributed by atoms with Crippen LogP contribution in [0.1, 0.15) is 22.3 Å². The summed E-state index contributed by atoms with van der Waals surface area (Å²) in [5.74, 6) is -0.381.